The summed E-state index contributed by atoms with van der Waals surface area (Å²) in [6.07, 6.45) is 21.8. The number of carbonyl (C=O) groups excluding carboxylic acids is 1. The van der Waals surface area contributed by atoms with Gasteiger partial charge in [-0.2, -0.15) is 0 Å². The molecule has 1 heterocycles. The molecule has 0 bridgehead atoms. The number of rotatable bonds is 13. The van der Waals surface area contributed by atoms with E-state index in [2.05, 4.69) is 39.9 Å². The standard InChI is InChI=1S/C21H40O.C6H13N/c1-5-6-7-8-9-10-11-12-13-14-15-21(3,4)17-19-16-18(2)20(19)22;1-6-4-2-3-5-7-6/h18-19H,5-17H2,1-4H3;6-7H,2-5H2,1H3. The van der Waals surface area contributed by atoms with E-state index in [4.69, 9.17) is 0 Å². The first-order valence-corrected chi connectivity index (χ1v) is 13.1. The van der Waals surface area contributed by atoms with E-state index < -0.39 is 0 Å². The van der Waals surface area contributed by atoms with Crippen LogP contribution < -0.4 is 5.32 Å². The lowest BCUT2D eigenvalue weighted by Gasteiger charge is -2.37. The second-order valence-electron chi connectivity index (χ2n) is 10.9. The Kier molecular flexibility index (Phi) is 14.2. The van der Waals surface area contributed by atoms with Gasteiger partial charge in [-0.05, 0) is 51.0 Å². The van der Waals surface area contributed by atoms with Gasteiger partial charge in [-0.3, -0.25) is 4.79 Å². The van der Waals surface area contributed by atoms with Crippen LogP contribution in [0.1, 0.15) is 137 Å². The van der Waals surface area contributed by atoms with E-state index in [1.165, 1.54) is 96.4 Å². The molecule has 2 heteroatoms. The predicted octanol–water partition coefficient (Wildman–Crippen LogP) is 8.09. The average molecular weight is 408 g/mol. The molecule has 0 aromatic carbocycles. The Bertz CT molecular complexity index is 411. The zero-order valence-corrected chi connectivity index (χ0v) is 20.7. The largest absolute Gasteiger partial charge is 0.314 e. The van der Waals surface area contributed by atoms with Crippen molar-refractivity contribution < 1.29 is 4.79 Å². The van der Waals surface area contributed by atoms with Gasteiger partial charge in [-0.15, -0.1) is 0 Å². The summed E-state index contributed by atoms with van der Waals surface area (Å²) in [6.45, 7) is 12.6. The molecule has 0 aromatic rings. The predicted molar refractivity (Wildman–Crippen MR) is 128 cm³/mol. The SMILES string of the molecule is CC1CCCCN1.CCCCCCCCCCCCC(C)(C)CC1CC(C)C1=O. The van der Waals surface area contributed by atoms with Crippen molar-refractivity contribution >= 4 is 5.78 Å². The number of unbranched alkanes of at least 4 members (excludes halogenated alkanes) is 9. The molecule has 3 unspecified atom stereocenters. The number of ketones is 1. The molecule has 1 aliphatic carbocycles. The second kappa shape index (κ2) is 15.4. The fraction of sp³-hybridized carbons (Fsp3) is 0.963. The van der Waals surface area contributed by atoms with E-state index >= 15 is 0 Å². The van der Waals surface area contributed by atoms with Gasteiger partial charge in [0, 0.05) is 17.9 Å². The normalized spacial score (nSPS) is 24.6. The van der Waals surface area contributed by atoms with E-state index in [-0.39, 0.29) is 0 Å². The molecular weight excluding hydrogens is 354 g/mol. The number of carbonyl (C=O) groups is 1. The summed E-state index contributed by atoms with van der Waals surface area (Å²) in [5.74, 6) is 1.25. The molecule has 2 nitrogen and oxygen atoms in total. The summed E-state index contributed by atoms with van der Waals surface area (Å²) in [7, 11) is 0. The van der Waals surface area contributed by atoms with Gasteiger partial charge in [0.05, 0.1) is 0 Å². The van der Waals surface area contributed by atoms with Crippen LogP contribution in [0.15, 0.2) is 0 Å². The third-order valence-corrected chi connectivity index (χ3v) is 7.09. The maximum Gasteiger partial charge on any atom is 0.138 e. The van der Waals surface area contributed by atoms with Crippen molar-refractivity contribution in [2.24, 2.45) is 17.3 Å². The number of nitrogens with one attached hydrogen (secondary N) is 1. The fourth-order valence-corrected chi connectivity index (χ4v) is 4.97. The highest BCUT2D eigenvalue weighted by molar-refractivity contribution is 5.88. The highest BCUT2D eigenvalue weighted by Crippen LogP contribution is 2.40. The molecule has 172 valence electrons. The summed E-state index contributed by atoms with van der Waals surface area (Å²) in [4.78, 5) is 11.8. The molecule has 1 saturated heterocycles. The van der Waals surface area contributed by atoms with Crippen LogP contribution in [0, 0.1) is 17.3 Å². The van der Waals surface area contributed by atoms with Crippen molar-refractivity contribution in [1.82, 2.24) is 5.32 Å². The maximum absolute atomic E-state index is 11.8. The van der Waals surface area contributed by atoms with Gasteiger partial charge in [-0.25, -0.2) is 0 Å². The minimum atomic E-state index is 0.345. The first-order valence-electron chi connectivity index (χ1n) is 13.1. The third kappa shape index (κ3) is 12.8. The van der Waals surface area contributed by atoms with Crippen LogP contribution in [-0.4, -0.2) is 18.4 Å². The molecule has 1 saturated carbocycles. The van der Waals surface area contributed by atoms with Crippen LogP contribution in [-0.2, 0) is 4.79 Å². The first kappa shape index (κ1) is 26.7. The number of hydrogen-bond acceptors (Lipinski definition) is 2. The van der Waals surface area contributed by atoms with Gasteiger partial charge >= 0.3 is 0 Å². The molecular formula is C27H53NO. The van der Waals surface area contributed by atoms with E-state index in [0.717, 1.165) is 18.9 Å². The Hall–Kier alpha value is -0.370. The number of piperidine rings is 1. The van der Waals surface area contributed by atoms with Crippen molar-refractivity contribution in [3.8, 4) is 0 Å². The van der Waals surface area contributed by atoms with Crippen LogP contribution in [0.2, 0.25) is 0 Å². The van der Waals surface area contributed by atoms with Crippen LogP contribution in [0.25, 0.3) is 0 Å². The van der Waals surface area contributed by atoms with Gasteiger partial charge in [-0.1, -0.05) is 98.3 Å². The quantitative estimate of drug-likeness (QED) is 0.312. The Labute approximate surface area is 183 Å². The minimum absolute atomic E-state index is 0.345. The number of hydrogen-bond donors (Lipinski definition) is 1. The minimum Gasteiger partial charge on any atom is -0.314 e. The summed E-state index contributed by atoms with van der Waals surface area (Å²) in [5, 5.41) is 3.38. The lowest BCUT2D eigenvalue weighted by Crippen LogP contribution is -2.38. The molecule has 0 aromatic heterocycles. The van der Waals surface area contributed by atoms with Crippen LogP contribution >= 0.6 is 0 Å². The number of Topliss-reactive ketones (excluding diaryl/α,β-unsaturated/α-hetero) is 1. The monoisotopic (exact) mass is 407 g/mol. The van der Waals surface area contributed by atoms with Gasteiger partial charge in [0.2, 0.25) is 0 Å². The Morgan fingerprint density at radius 3 is 1.90 bits per heavy atom. The van der Waals surface area contributed by atoms with E-state index in [0.29, 0.717) is 23.0 Å². The van der Waals surface area contributed by atoms with Crippen LogP contribution in [0.5, 0.6) is 0 Å². The zero-order chi connectivity index (χ0) is 21.5. The Morgan fingerprint density at radius 2 is 1.48 bits per heavy atom. The third-order valence-electron chi connectivity index (χ3n) is 7.09. The van der Waals surface area contributed by atoms with E-state index in [1.54, 1.807) is 0 Å². The first-order chi connectivity index (χ1) is 13.9. The van der Waals surface area contributed by atoms with Crippen LogP contribution in [0.3, 0.4) is 0 Å². The summed E-state index contributed by atoms with van der Waals surface area (Å²) in [6, 6.07) is 0.786. The van der Waals surface area contributed by atoms with E-state index in [1.807, 2.05) is 0 Å². The zero-order valence-electron chi connectivity index (χ0n) is 20.7. The van der Waals surface area contributed by atoms with Gasteiger partial charge in [0.15, 0.2) is 0 Å². The molecule has 3 atom stereocenters. The lowest BCUT2D eigenvalue weighted by molar-refractivity contribution is -0.136. The highest BCUT2D eigenvalue weighted by Gasteiger charge is 2.38. The molecule has 1 N–H and O–H groups in total. The molecule has 2 rings (SSSR count). The van der Waals surface area contributed by atoms with Crippen molar-refractivity contribution in [2.75, 3.05) is 6.54 Å². The molecule has 0 spiro atoms. The lowest BCUT2D eigenvalue weighted by atomic mass is 9.66. The Morgan fingerprint density at radius 1 is 0.897 bits per heavy atom. The molecule has 1 aliphatic heterocycles. The highest BCUT2D eigenvalue weighted by atomic mass is 16.1. The molecule has 0 amide bonds. The van der Waals surface area contributed by atoms with Crippen molar-refractivity contribution in [3.05, 3.63) is 0 Å². The topological polar surface area (TPSA) is 29.1 Å². The van der Waals surface area contributed by atoms with Crippen molar-refractivity contribution in [2.45, 2.75) is 143 Å². The van der Waals surface area contributed by atoms with Gasteiger partial charge in [0.1, 0.15) is 5.78 Å². The molecule has 2 fully saturated rings. The van der Waals surface area contributed by atoms with E-state index in [9.17, 15) is 4.79 Å². The maximum atomic E-state index is 11.8. The van der Waals surface area contributed by atoms with Gasteiger partial charge in [0.25, 0.3) is 0 Å². The molecule has 0 radical (unpaired) electrons. The van der Waals surface area contributed by atoms with Crippen molar-refractivity contribution in [1.29, 1.82) is 0 Å². The molecule has 2 aliphatic rings. The summed E-state index contributed by atoms with van der Waals surface area (Å²) in [5.41, 5.74) is 0.362. The van der Waals surface area contributed by atoms with Crippen molar-refractivity contribution in [3.63, 3.8) is 0 Å². The second-order valence-corrected chi connectivity index (χ2v) is 10.9. The van der Waals surface area contributed by atoms with Gasteiger partial charge < -0.3 is 5.32 Å². The van der Waals surface area contributed by atoms with Crippen LogP contribution in [0.4, 0.5) is 0 Å². The smallest absolute Gasteiger partial charge is 0.138 e. The Balaban J connectivity index is 0.000000502. The summed E-state index contributed by atoms with van der Waals surface area (Å²) < 4.78 is 0. The fourth-order valence-electron chi connectivity index (χ4n) is 4.97. The molecule has 29 heavy (non-hydrogen) atoms. The average Bonchev–Trinajstić information content (AvgIpc) is 2.70. The summed E-state index contributed by atoms with van der Waals surface area (Å²) >= 11 is 0.